The molecule has 1 fully saturated rings. The van der Waals surface area contributed by atoms with E-state index in [9.17, 15) is 14.7 Å². The number of ether oxygens (including phenoxy) is 3. The van der Waals surface area contributed by atoms with Gasteiger partial charge in [0.25, 0.3) is 5.91 Å². The third-order valence-electron chi connectivity index (χ3n) is 5.95. The standard InChI is InChI=1S/C27H31N3O6S/c1-17(34-18(2)32)25(33)29-22-10-8-21(9-11-22)26-35-23(16-37-27-28-12-13-30(27)3)14-24(36-26)20-6-4-19(15-31)5-7-20/h4-13,17,23-24,26,31H,14-16H2,1-3H3,(H,29,33)/t17-,23-,24+,26+/m0/s1. The molecule has 10 heteroatoms. The molecule has 0 saturated carbocycles. The quantitative estimate of drug-likeness (QED) is 0.317. The Kier molecular flexibility index (Phi) is 8.99. The van der Waals surface area contributed by atoms with Gasteiger partial charge in [-0.25, -0.2) is 4.98 Å². The Hall–Kier alpha value is -3.18. The van der Waals surface area contributed by atoms with Crippen molar-refractivity contribution in [1.29, 1.82) is 0 Å². The maximum absolute atomic E-state index is 12.3. The number of carbonyl (C=O) groups is 2. The van der Waals surface area contributed by atoms with Crippen LogP contribution in [0.5, 0.6) is 0 Å². The smallest absolute Gasteiger partial charge is 0.303 e. The predicted molar refractivity (Wildman–Crippen MR) is 139 cm³/mol. The first-order valence-corrected chi connectivity index (χ1v) is 13.0. The minimum absolute atomic E-state index is 0.0109. The topological polar surface area (TPSA) is 112 Å². The van der Waals surface area contributed by atoms with Crippen LogP contribution in [0.3, 0.4) is 0 Å². The van der Waals surface area contributed by atoms with Crippen molar-refractivity contribution >= 4 is 29.3 Å². The fourth-order valence-corrected chi connectivity index (χ4v) is 4.90. The lowest BCUT2D eigenvalue weighted by Gasteiger charge is -2.36. The highest BCUT2D eigenvalue weighted by Crippen LogP contribution is 2.39. The zero-order valence-corrected chi connectivity index (χ0v) is 21.8. The number of amides is 1. The molecule has 9 nitrogen and oxygen atoms in total. The van der Waals surface area contributed by atoms with Crippen LogP contribution < -0.4 is 5.32 Å². The lowest BCUT2D eigenvalue weighted by atomic mass is 10.0. The number of nitrogens with one attached hydrogen (secondary N) is 1. The number of anilines is 1. The van der Waals surface area contributed by atoms with Crippen LogP contribution in [0.25, 0.3) is 0 Å². The second kappa shape index (κ2) is 12.4. The van der Waals surface area contributed by atoms with Crippen molar-refractivity contribution in [3.05, 3.63) is 77.6 Å². The van der Waals surface area contributed by atoms with E-state index < -0.39 is 24.3 Å². The van der Waals surface area contributed by atoms with Gasteiger partial charge < -0.3 is 29.2 Å². The summed E-state index contributed by atoms with van der Waals surface area (Å²) in [7, 11) is 1.96. The van der Waals surface area contributed by atoms with E-state index in [-0.39, 0.29) is 18.8 Å². The number of imidazole rings is 1. The molecule has 3 aromatic rings. The van der Waals surface area contributed by atoms with Crippen LogP contribution in [0.4, 0.5) is 5.69 Å². The molecular weight excluding hydrogens is 494 g/mol. The Morgan fingerprint density at radius 3 is 2.49 bits per heavy atom. The normalized spacial score (nSPS) is 20.3. The highest BCUT2D eigenvalue weighted by molar-refractivity contribution is 7.99. The number of carbonyl (C=O) groups excluding carboxylic acids is 2. The minimum Gasteiger partial charge on any atom is -0.453 e. The molecule has 0 unspecified atom stereocenters. The number of rotatable bonds is 9. The van der Waals surface area contributed by atoms with Gasteiger partial charge in [0.1, 0.15) is 0 Å². The molecule has 37 heavy (non-hydrogen) atoms. The molecule has 1 aliphatic heterocycles. The number of aliphatic hydroxyl groups excluding tert-OH is 1. The largest absolute Gasteiger partial charge is 0.453 e. The van der Waals surface area contributed by atoms with Crippen LogP contribution in [0, 0.1) is 0 Å². The van der Waals surface area contributed by atoms with Gasteiger partial charge in [-0.3, -0.25) is 9.59 Å². The van der Waals surface area contributed by atoms with Crippen molar-refractivity contribution in [2.75, 3.05) is 11.1 Å². The Balaban J connectivity index is 1.47. The maximum atomic E-state index is 12.3. The van der Waals surface area contributed by atoms with E-state index in [0.29, 0.717) is 17.9 Å². The summed E-state index contributed by atoms with van der Waals surface area (Å²) in [5.41, 5.74) is 3.24. The number of aliphatic hydroxyl groups is 1. The van der Waals surface area contributed by atoms with Gasteiger partial charge in [-0.1, -0.05) is 48.2 Å². The Bertz CT molecular complexity index is 1200. The molecule has 2 heterocycles. The van der Waals surface area contributed by atoms with Crippen LogP contribution >= 0.6 is 11.8 Å². The molecule has 1 aliphatic rings. The summed E-state index contributed by atoms with van der Waals surface area (Å²) < 4.78 is 19.6. The third kappa shape index (κ3) is 7.20. The van der Waals surface area contributed by atoms with E-state index in [1.807, 2.05) is 54.2 Å². The van der Waals surface area contributed by atoms with Gasteiger partial charge in [0.2, 0.25) is 0 Å². The second-order valence-corrected chi connectivity index (χ2v) is 9.83. The van der Waals surface area contributed by atoms with Gasteiger partial charge in [0.15, 0.2) is 17.6 Å². The second-order valence-electron chi connectivity index (χ2n) is 8.84. The van der Waals surface area contributed by atoms with E-state index >= 15 is 0 Å². The zero-order valence-electron chi connectivity index (χ0n) is 21.0. The molecule has 4 atom stereocenters. The first-order valence-electron chi connectivity index (χ1n) is 12.0. The lowest BCUT2D eigenvalue weighted by Crippen LogP contribution is -2.31. The number of nitrogens with zero attached hydrogens (tertiary/aromatic N) is 2. The monoisotopic (exact) mass is 525 g/mol. The Morgan fingerprint density at radius 2 is 1.86 bits per heavy atom. The zero-order chi connectivity index (χ0) is 26.4. The molecule has 0 spiro atoms. The molecule has 0 aliphatic carbocycles. The lowest BCUT2D eigenvalue weighted by molar-refractivity contribution is -0.245. The van der Waals surface area contributed by atoms with Crippen LogP contribution in [-0.4, -0.2) is 44.5 Å². The highest BCUT2D eigenvalue weighted by atomic mass is 32.2. The van der Waals surface area contributed by atoms with Gasteiger partial charge in [0, 0.05) is 49.8 Å². The van der Waals surface area contributed by atoms with Crippen molar-refractivity contribution in [2.24, 2.45) is 7.05 Å². The van der Waals surface area contributed by atoms with Crippen molar-refractivity contribution < 1.29 is 28.9 Å². The van der Waals surface area contributed by atoms with E-state index in [4.69, 9.17) is 14.2 Å². The summed E-state index contributed by atoms with van der Waals surface area (Å²) in [6, 6.07) is 15.0. The average Bonchev–Trinajstić information content (AvgIpc) is 3.31. The number of aromatic nitrogens is 2. The minimum atomic E-state index is -0.892. The highest BCUT2D eigenvalue weighted by Gasteiger charge is 2.32. The molecule has 196 valence electrons. The summed E-state index contributed by atoms with van der Waals surface area (Å²) in [4.78, 5) is 27.7. The number of hydrogen-bond donors (Lipinski definition) is 2. The molecule has 1 amide bonds. The molecule has 1 saturated heterocycles. The van der Waals surface area contributed by atoms with Gasteiger partial charge in [-0.05, 0) is 30.2 Å². The summed E-state index contributed by atoms with van der Waals surface area (Å²) >= 11 is 1.63. The van der Waals surface area contributed by atoms with Crippen molar-refractivity contribution in [1.82, 2.24) is 9.55 Å². The van der Waals surface area contributed by atoms with Crippen molar-refractivity contribution in [3.63, 3.8) is 0 Å². The number of aryl methyl sites for hydroxylation is 1. The summed E-state index contributed by atoms with van der Waals surface area (Å²) in [6.45, 7) is 2.77. The fraction of sp³-hybridized carbons (Fsp3) is 0.370. The molecular formula is C27H31N3O6S. The first-order chi connectivity index (χ1) is 17.8. The number of hydrogen-bond acceptors (Lipinski definition) is 8. The van der Waals surface area contributed by atoms with Crippen LogP contribution in [-0.2, 0) is 37.5 Å². The van der Waals surface area contributed by atoms with Crippen LogP contribution in [0.15, 0.2) is 66.1 Å². The Labute approximate surface area is 220 Å². The average molecular weight is 526 g/mol. The van der Waals surface area contributed by atoms with E-state index in [1.165, 1.54) is 13.8 Å². The Morgan fingerprint density at radius 1 is 1.16 bits per heavy atom. The van der Waals surface area contributed by atoms with Crippen molar-refractivity contribution in [2.45, 2.75) is 56.6 Å². The number of benzene rings is 2. The number of thioether (sulfide) groups is 1. The summed E-state index contributed by atoms with van der Waals surface area (Å²) in [5, 5.41) is 13.0. The molecule has 0 radical (unpaired) electrons. The van der Waals surface area contributed by atoms with E-state index in [0.717, 1.165) is 21.8 Å². The summed E-state index contributed by atoms with van der Waals surface area (Å²) in [5.74, 6) is -0.218. The number of esters is 1. The SMILES string of the molecule is CC(=O)O[C@@H](C)C(=O)Nc1ccc([C@@H]2O[C@H](CSc3nccn3C)C[C@H](c3ccc(CO)cc3)O2)cc1. The summed E-state index contributed by atoms with van der Waals surface area (Å²) in [6.07, 6.45) is 2.58. The van der Waals surface area contributed by atoms with Crippen molar-refractivity contribution in [3.8, 4) is 0 Å². The van der Waals surface area contributed by atoms with Gasteiger partial charge in [0.05, 0.1) is 18.8 Å². The molecule has 2 N–H and O–H groups in total. The third-order valence-corrected chi connectivity index (χ3v) is 7.14. The van der Waals surface area contributed by atoms with E-state index in [1.54, 1.807) is 30.1 Å². The first kappa shape index (κ1) is 26.9. The van der Waals surface area contributed by atoms with Gasteiger partial charge in [-0.2, -0.15) is 0 Å². The maximum Gasteiger partial charge on any atom is 0.303 e. The van der Waals surface area contributed by atoms with Crippen LogP contribution in [0.2, 0.25) is 0 Å². The van der Waals surface area contributed by atoms with Crippen LogP contribution in [0.1, 0.15) is 49.4 Å². The molecule has 2 aromatic carbocycles. The molecule has 1 aromatic heterocycles. The predicted octanol–water partition coefficient (Wildman–Crippen LogP) is 4.14. The molecule has 4 rings (SSSR count). The van der Waals surface area contributed by atoms with Gasteiger partial charge >= 0.3 is 5.97 Å². The van der Waals surface area contributed by atoms with Gasteiger partial charge in [-0.15, -0.1) is 0 Å². The van der Waals surface area contributed by atoms with E-state index in [2.05, 4.69) is 10.3 Å². The fourth-order valence-electron chi connectivity index (χ4n) is 3.95. The molecule has 0 bridgehead atoms.